The fourth-order valence-electron chi connectivity index (χ4n) is 1.80. The number of hydrogen-bond acceptors (Lipinski definition) is 3. The molecule has 90 valence electrons. The van der Waals surface area contributed by atoms with Crippen LogP contribution >= 0.6 is 0 Å². The van der Waals surface area contributed by atoms with Crippen molar-refractivity contribution >= 4 is 5.65 Å². The van der Waals surface area contributed by atoms with Crippen molar-refractivity contribution in [3.63, 3.8) is 0 Å². The molecule has 0 bridgehead atoms. The molecule has 0 aliphatic carbocycles. The third-order valence-electron chi connectivity index (χ3n) is 2.74. The summed E-state index contributed by atoms with van der Waals surface area (Å²) in [7, 11) is 0. The van der Waals surface area contributed by atoms with Crippen LogP contribution in [0.4, 0.5) is 0 Å². The summed E-state index contributed by atoms with van der Waals surface area (Å²) in [4.78, 5) is 4.38. The van der Waals surface area contributed by atoms with Gasteiger partial charge in [-0.2, -0.15) is 0 Å². The predicted octanol–water partition coefficient (Wildman–Crippen LogP) is 2.62. The molecule has 4 heteroatoms. The van der Waals surface area contributed by atoms with Crippen LogP contribution in [0.15, 0.2) is 48.7 Å². The molecule has 0 unspecified atom stereocenters. The third kappa shape index (κ3) is 2.05. The van der Waals surface area contributed by atoms with Crippen molar-refractivity contribution in [1.82, 2.24) is 14.6 Å². The second-order valence-electron chi connectivity index (χ2n) is 4.09. The summed E-state index contributed by atoms with van der Waals surface area (Å²) < 4.78 is 7.46. The van der Waals surface area contributed by atoms with Crippen molar-refractivity contribution < 1.29 is 4.74 Å². The molecule has 3 rings (SSSR count). The Morgan fingerprint density at radius 3 is 2.78 bits per heavy atom. The zero-order valence-electron chi connectivity index (χ0n) is 10.1. The fraction of sp³-hybridized carbons (Fsp3) is 0.143. The molecule has 0 saturated carbocycles. The largest absolute Gasteiger partial charge is 0.485 e. The van der Waals surface area contributed by atoms with Crippen LogP contribution in [0.5, 0.6) is 5.75 Å². The van der Waals surface area contributed by atoms with Gasteiger partial charge in [0, 0.05) is 6.20 Å². The van der Waals surface area contributed by atoms with E-state index in [1.807, 2.05) is 55.6 Å². The van der Waals surface area contributed by atoms with Gasteiger partial charge in [0.1, 0.15) is 12.4 Å². The van der Waals surface area contributed by atoms with Gasteiger partial charge in [0.15, 0.2) is 11.5 Å². The van der Waals surface area contributed by atoms with Gasteiger partial charge in [0.25, 0.3) is 0 Å². The Labute approximate surface area is 105 Å². The van der Waals surface area contributed by atoms with Crippen molar-refractivity contribution in [2.75, 3.05) is 0 Å². The molecule has 2 aromatic heterocycles. The van der Waals surface area contributed by atoms with Gasteiger partial charge < -0.3 is 4.74 Å². The molecule has 0 amide bonds. The number of aryl methyl sites for hydroxylation is 1. The van der Waals surface area contributed by atoms with E-state index in [9.17, 15) is 0 Å². The molecule has 0 atom stereocenters. The summed E-state index contributed by atoms with van der Waals surface area (Å²) in [6.45, 7) is 2.40. The maximum absolute atomic E-state index is 5.71. The first-order valence-corrected chi connectivity index (χ1v) is 5.82. The van der Waals surface area contributed by atoms with Crippen LogP contribution in [0.3, 0.4) is 0 Å². The highest BCUT2D eigenvalue weighted by Crippen LogP contribution is 2.17. The molecule has 18 heavy (non-hydrogen) atoms. The van der Waals surface area contributed by atoms with Gasteiger partial charge in [-0.3, -0.25) is 0 Å². The zero-order chi connectivity index (χ0) is 12.4. The molecule has 2 heterocycles. The van der Waals surface area contributed by atoms with E-state index in [0.29, 0.717) is 12.4 Å². The lowest BCUT2D eigenvalue weighted by molar-refractivity contribution is 0.294. The van der Waals surface area contributed by atoms with Gasteiger partial charge in [-0.25, -0.2) is 9.50 Å². The molecule has 0 aliphatic heterocycles. The highest BCUT2D eigenvalue weighted by molar-refractivity contribution is 5.36. The van der Waals surface area contributed by atoms with E-state index in [4.69, 9.17) is 4.74 Å². The lowest BCUT2D eigenvalue weighted by Crippen LogP contribution is -1.99. The van der Waals surface area contributed by atoms with Crippen LogP contribution < -0.4 is 4.74 Å². The lowest BCUT2D eigenvalue weighted by Gasteiger charge is -2.05. The van der Waals surface area contributed by atoms with E-state index in [1.54, 1.807) is 4.52 Å². The van der Waals surface area contributed by atoms with Gasteiger partial charge in [0.2, 0.25) is 0 Å². The van der Waals surface area contributed by atoms with E-state index in [-0.39, 0.29) is 0 Å². The number of fused-ring (bicyclic) bond motifs is 1. The molecular weight excluding hydrogens is 226 g/mol. The van der Waals surface area contributed by atoms with Crippen LogP contribution in [0.25, 0.3) is 5.65 Å². The normalized spacial score (nSPS) is 10.7. The molecular formula is C14H13N3O. The average molecular weight is 239 g/mol. The number of pyridine rings is 1. The Hall–Kier alpha value is -2.36. The molecule has 0 saturated heterocycles. The van der Waals surface area contributed by atoms with E-state index in [1.165, 1.54) is 0 Å². The second-order valence-corrected chi connectivity index (χ2v) is 4.09. The molecule has 3 aromatic rings. The van der Waals surface area contributed by atoms with Gasteiger partial charge in [-0.15, -0.1) is 5.10 Å². The lowest BCUT2D eigenvalue weighted by atomic mass is 10.2. The SMILES string of the molecule is Cc1ccccc1OCc1nc2ccccn2n1. The molecule has 0 spiro atoms. The Kier molecular flexibility index (Phi) is 2.68. The van der Waals surface area contributed by atoms with Gasteiger partial charge >= 0.3 is 0 Å². The first-order chi connectivity index (χ1) is 8.83. The predicted molar refractivity (Wildman–Crippen MR) is 68.5 cm³/mol. The van der Waals surface area contributed by atoms with E-state index < -0.39 is 0 Å². The van der Waals surface area contributed by atoms with E-state index in [2.05, 4.69) is 10.1 Å². The van der Waals surface area contributed by atoms with Crippen LogP contribution in [0.2, 0.25) is 0 Å². The maximum atomic E-state index is 5.71. The number of nitrogens with zero attached hydrogens (tertiary/aromatic N) is 3. The smallest absolute Gasteiger partial charge is 0.189 e. The summed E-state index contributed by atoms with van der Waals surface area (Å²) in [5.74, 6) is 1.56. The number of hydrogen-bond donors (Lipinski definition) is 0. The van der Waals surface area contributed by atoms with Gasteiger partial charge in [-0.1, -0.05) is 24.3 Å². The van der Waals surface area contributed by atoms with Gasteiger partial charge in [0.05, 0.1) is 0 Å². The Morgan fingerprint density at radius 1 is 1.11 bits per heavy atom. The van der Waals surface area contributed by atoms with Crippen LogP contribution in [0, 0.1) is 6.92 Å². The number of para-hydroxylation sites is 1. The summed E-state index contributed by atoms with van der Waals surface area (Å²) in [6, 6.07) is 13.7. The van der Waals surface area contributed by atoms with Crippen LogP contribution in [0.1, 0.15) is 11.4 Å². The summed E-state index contributed by atoms with van der Waals surface area (Å²) >= 11 is 0. The maximum Gasteiger partial charge on any atom is 0.189 e. The zero-order valence-corrected chi connectivity index (χ0v) is 10.1. The topological polar surface area (TPSA) is 39.4 Å². The van der Waals surface area contributed by atoms with Crippen molar-refractivity contribution in [3.05, 3.63) is 60.0 Å². The number of ether oxygens (including phenoxy) is 1. The minimum atomic E-state index is 0.381. The Balaban J connectivity index is 1.79. The van der Waals surface area contributed by atoms with Crippen LogP contribution in [-0.2, 0) is 6.61 Å². The summed E-state index contributed by atoms with van der Waals surface area (Å²) in [5, 5.41) is 4.34. The highest BCUT2D eigenvalue weighted by atomic mass is 16.5. The molecule has 0 radical (unpaired) electrons. The third-order valence-corrected chi connectivity index (χ3v) is 2.74. The standard InChI is InChI=1S/C14H13N3O/c1-11-6-2-3-7-12(11)18-10-13-15-14-8-4-5-9-17(14)16-13/h2-9H,10H2,1H3. The molecule has 1 aromatic carbocycles. The molecule has 0 aliphatic rings. The minimum absolute atomic E-state index is 0.381. The molecule has 0 N–H and O–H groups in total. The number of aromatic nitrogens is 3. The fourth-order valence-corrected chi connectivity index (χ4v) is 1.80. The van der Waals surface area contributed by atoms with Crippen molar-refractivity contribution in [3.8, 4) is 5.75 Å². The second kappa shape index (κ2) is 4.49. The molecule has 4 nitrogen and oxygen atoms in total. The molecule has 0 fully saturated rings. The quantitative estimate of drug-likeness (QED) is 0.705. The number of benzene rings is 1. The summed E-state index contributed by atoms with van der Waals surface area (Å²) in [5.41, 5.74) is 1.95. The van der Waals surface area contributed by atoms with E-state index >= 15 is 0 Å². The summed E-state index contributed by atoms with van der Waals surface area (Å²) in [6.07, 6.45) is 1.87. The number of rotatable bonds is 3. The average Bonchev–Trinajstić information content (AvgIpc) is 2.80. The Bertz CT molecular complexity index is 642. The highest BCUT2D eigenvalue weighted by Gasteiger charge is 2.04. The van der Waals surface area contributed by atoms with Crippen LogP contribution in [-0.4, -0.2) is 14.6 Å². The first-order valence-electron chi connectivity index (χ1n) is 5.82. The van der Waals surface area contributed by atoms with Gasteiger partial charge in [-0.05, 0) is 30.7 Å². The van der Waals surface area contributed by atoms with Crippen molar-refractivity contribution in [2.45, 2.75) is 13.5 Å². The Morgan fingerprint density at radius 2 is 1.94 bits per heavy atom. The van der Waals surface area contributed by atoms with Crippen molar-refractivity contribution in [1.29, 1.82) is 0 Å². The minimum Gasteiger partial charge on any atom is -0.485 e. The van der Waals surface area contributed by atoms with E-state index in [0.717, 1.165) is 17.0 Å². The van der Waals surface area contributed by atoms with Crippen molar-refractivity contribution in [2.24, 2.45) is 0 Å². The monoisotopic (exact) mass is 239 g/mol. The first kappa shape index (κ1) is 10.8.